The number of rotatable bonds is 6. The number of thiazole rings is 1. The quantitative estimate of drug-likeness (QED) is 0.563. The maximum absolute atomic E-state index is 13.2. The summed E-state index contributed by atoms with van der Waals surface area (Å²) in [6, 6.07) is 7.64. The van der Waals surface area contributed by atoms with Crippen molar-refractivity contribution in [2.45, 2.75) is 13.3 Å². The molecule has 0 atom stereocenters. The van der Waals surface area contributed by atoms with E-state index in [4.69, 9.17) is 21.3 Å². The molecular weight excluding hydrogens is 414 g/mol. The molecule has 0 radical (unpaired) electrons. The van der Waals surface area contributed by atoms with Crippen molar-refractivity contribution < 1.29 is 9.53 Å². The van der Waals surface area contributed by atoms with E-state index < -0.39 is 0 Å². The van der Waals surface area contributed by atoms with Crippen LogP contribution in [0.15, 0.2) is 29.6 Å². The van der Waals surface area contributed by atoms with E-state index in [0.717, 1.165) is 59.9 Å². The van der Waals surface area contributed by atoms with Crippen LogP contribution in [0.3, 0.4) is 0 Å². The third-order valence-electron chi connectivity index (χ3n) is 4.85. The highest BCUT2D eigenvalue weighted by Gasteiger charge is 2.23. The predicted molar refractivity (Wildman–Crippen MR) is 117 cm³/mol. The van der Waals surface area contributed by atoms with Gasteiger partial charge in [-0.1, -0.05) is 35.1 Å². The fourth-order valence-electron chi connectivity index (χ4n) is 3.30. The fourth-order valence-corrected chi connectivity index (χ4v) is 5.31. The van der Waals surface area contributed by atoms with Crippen molar-refractivity contribution in [1.29, 1.82) is 0 Å². The number of nitrogens with zero attached hydrogens (tertiary/aromatic N) is 3. The van der Waals surface area contributed by atoms with Crippen molar-refractivity contribution in [2.75, 3.05) is 44.3 Å². The Kier molecular flexibility index (Phi) is 6.28. The SMILES string of the molecule is Cc1ccc(Cl)c2sc(N(CCCN3CCOCC3)C(=O)c3cccs3)nc12. The van der Waals surface area contributed by atoms with Crippen molar-refractivity contribution in [3.8, 4) is 0 Å². The summed E-state index contributed by atoms with van der Waals surface area (Å²) in [4.78, 5) is 22.9. The van der Waals surface area contributed by atoms with Gasteiger partial charge in [-0.2, -0.15) is 0 Å². The maximum Gasteiger partial charge on any atom is 0.270 e. The summed E-state index contributed by atoms with van der Waals surface area (Å²) in [5.74, 6) is 0.00445. The zero-order valence-corrected chi connectivity index (χ0v) is 18.1. The highest BCUT2D eigenvalue weighted by Crippen LogP contribution is 2.36. The second kappa shape index (κ2) is 8.88. The van der Waals surface area contributed by atoms with Crippen molar-refractivity contribution in [3.63, 3.8) is 0 Å². The lowest BCUT2D eigenvalue weighted by Gasteiger charge is -2.27. The van der Waals surface area contributed by atoms with Crippen LogP contribution in [0.1, 0.15) is 21.7 Å². The van der Waals surface area contributed by atoms with E-state index in [1.165, 1.54) is 22.7 Å². The second-order valence-electron chi connectivity index (χ2n) is 6.78. The molecule has 2 aromatic heterocycles. The number of halogens is 1. The Balaban J connectivity index is 1.58. The number of thiophene rings is 1. The van der Waals surface area contributed by atoms with E-state index in [1.54, 1.807) is 0 Å². The van der Waals surface area contributed by atoms with Crippen LogP contribution in [0.5, 0.6) is 0 Å². The first-order valence-corrected chi connectivity index (χ1v) is 11.4. The number of amides is 1. The van der Waals surface area contributed by atoms with Gasteiger partial charge >= 0.3 is 0 Å². The number of aryl methyl sites for hydroxylation is 1. The average Bonchev–Trinajstić information content (AvgIpc) is 3.39. The van der Waals surface area contributed by atoms with E-state index in [2.05, 4.69) is 4.90 Å². The number of hydrogen-bond donors (Lipinski definition) is 0. The van der Waals surface area contributed by atoms with E-state index in [1.807, 2.05) is 41.5 Å². The standard InChI is InChI=1S/C20H22ClN3O2S2/c1-14-5-6-15(21)18-17(14)22-20(28-18)24(19(25)16-4-2-13-27-16)8-3-7-23-9-11-26-12-10-23/h2,4-6,13H,3,7-12H2,1H3. The molecule has 28 heavy (non-hydrogen) atoms. The number of benzene rings is 1. The summed E-state index contributed by atoms with van der Waals surface area (Å²) in [7, 11) is 0. The molecule has 1 aliphatic rings. The molecule has 3 heterocycles. The highest BCUT2D eigenvalue weighted by atomic mass is 35.5. The smallest absolute Gasteiger partial charge is 0.270 e. The van der Waals surface area contributed by atoms with E-state index in [0.29, 0.717) is 16.7 Å². The Morgan fingerprint density at radius 1 is 1.32 bits per heavy atom. The van der Waals surface area contributed by atoms with Crippen molar-refractivity contribution in [2.24, 2.45) is 0 Å². The van der Waals surface area contributed by atoms with Gasteiger partial charge in [0, 0.05) is 26.2 Å². The van der Waals surface area contributed by atoms with Gasteiger partial charge in [0.15, 0.2) is 5.13 Å². The van der Waals surface area contributed by atoms with Crippen LogP contribution in [-0.2, 0) is 4.74 Å². The normalized spacial score (nSPS) is 15.2. The molecule has 0 unspecified atom stereocenters. The molecule has 0 saturated carbocycles. The molecule has 1 aliphatic heterocycles. The maximum atomic E-state index is 13.2. The van der Waals surface area contributed by atoms with Crippen LogP contribution in [0.2, 0.25) is 5.02 Å². The number of carbonyl (C=O) groups is 1. The summed E-state index contributed by atoms with van der Waals surface area (Å²) in [6.45, 7) is 7.07. The van der Waals surface area contributed by atoms with E-state index in [9.17, 15) is 4.79 Å². The Hall–Kier alpha value is -1.51. The zero-order chi connectivity index (χ0) is 19.5. The molecule has 0 spiro atoms. The van der Waals surface area contributed by atoms with E-state index >= 15 is 0 Å². The number of carbonyl (C=O) groups excluding carboxylic acids is 1. The van der Waals surface area contributed by atoms with Gasteiger partial charge in [0.1, 0.15) is 0 Å². The minimum Gasteiger partial charge on any atom is -0.379 e. The lowest BCUT2D eigenvalue weighted by atomic mass is 10.2. The fraction of sp³-hybridized carbons (Fsp3) is 0.400. The molecule has 0 bridgehead atoms. The molecule has 5 nitrogen and oxygen atoms in total. The summed E-state index contributed by atoms with van der Waals surface area (Å²) in [5, 5.41) is 3.33. The van der Waals surface area contributed by atoms with Gasteiger partial charge < -0.3 is 4.74 Å². The summed E-state index contributed by atoms with van der Waals surface area (Å²) in [5.41, 5.74) is 1.95. The van der Waals surface area contributed by atoms with Crippen molar-refractivity contribution in [3.05, 3.63) is 45.1 Å². The topological polar surface area (TPSA) is 45.7 Å². The van der Waals surface area contributed by atoms with Crippen LogP contribution < -0.4 is 4.90 Å². The molecule has 3 aromatic rings. The Morgan fingerprint density at radius 3 is 2.86 bits per heavy atom. The zero-order valence-electron chi connectivity index (χ0n) is 15.7. The molecular formula is C20H22ClN3O2S2. The summed E-state index contributed by atoms with van der Waals surface area (Å²) in [6.07, 6.45) is 0.889. The third kappa shape index (κ3) is 4.23. The molecule has 1 saturated heterocycles. The number of fused-ring (bicyclic) bond motifs is 1. The predicted octanol–water partition coefficient (Wildman–Crippen LogP) is 4.69. The average molecular weight is 436 g/mol. The molecule has 4 rings (SSSR count). The van der Waals surface area contributed by atoms with Crippen LogP contribution in [0, 0.1) is 6.92 Å². The Morgan fingerprint density at radius 2 is 2.14 bits per heavy atom. The second-order valence-corrected chi connectivity index (χ2v) is 9.11. The number of aromatic nitrogens is 1. The van der Waals surface area contributed by atoms with Gasteiger partial charge in [-0.15, -0.1) is 11.3 Å². The van der Waals surface area contributed by atoms with Gasteiger partial charge in [-0.3, -0.25) is 14.6 Å². The van der Waals surface area contributed by atoms with E-state index in [-0.39, 0.29) is 5.91 Å². The van der Waals surface area contributed by atoms with Crippen LogP contribution in [0.4, 0.5) is 5.13 Å². The van der Waals surface area contributed by atoms with Gasteiger partial charge in [0.2, 0.25) is 0 Å². The number of hydrogen-bond acceptors (Lipinski definition) is 6. The highest BCUT2D eigenvalue weighted by molar-refractivity contribution is 7.23. The lowest BCUT2D eigenvalue weighted by molar-refractivity contribution is 0.0376. The first-order valence-electron chi connectivity index (χ1n) is 9.34. The van der Waals surface area contributed by atoms with Gasteiger partial charge in [0.25, 0.3) is 5.91 Å². The molecule has 1 amide bonds. The monoisotopic (exact) mass is 435 g/mol. The summed E-state index contributed by atoms with van der Waals surface area (Å²) >= 11 is 9.33. The van der Waals surface area contributed by atoms with Gasteiger partial charge in [0.05, 0.1) is 33.3 Å². The largest absolute Gasteiger partial charge is 0.379 e. The lowest BCUT2D eigenvalue weighted by Crippen LogP contribution is -2.39. The van der Waals surface area contributed by atoms with Crippen molar-refractivity contribution >= 4 is 55.5 Å². The minimum absolute atomic E-state index is 0.00445. The van der Waals surface area contributed by atoms with Crippen LogP contribution in [-0.4, -0.2) is 55.2 Å². The number of morpholine rings is 1. The van der Waals surface area contributed by atoms with Crippen LogP contribution in [0.25, 0.3) is 10.2 Å². The molecule has 0 aliphatic carbocycles. The van der Waals surface area contributed by atoms with Gasteiger partial charge in [-0.25, -0.2) is 4.98 Å². The Labute approximate surface area is 177 Å². The molecule has 8 heteroatoms. The number of anilines is 1. The minimum atomic E-state index is 0.00445. The molecule has 0 N–H and O–H groups in total. The van der Waals surface area contributed by atoms with Crippen LogP contribution >= 0.6 is 34.3 Å². The Bertz CT molecular complexity index is 913. The number of ether oxygens (including phenoxy) is 1. The third-order valence-corrected chi connectivity index (χ3v) is 7.25. The van der Waals surface area contributed by atoms with Crippen molar-refractivity contribution in [1.82, 2.24) is 9.88 Å². The first kappa shape index (κ1) is 19.8. The first-order chi connectivity index (χ1) is 13.6. The molecule has 148 valence electrons. The molecule has 1 aromatic carbocycles. The van der Waals surface area contributed by atoms with Gasteiger partial charge in [-0.05, 0) is 36.4 Å². The molecule has 1 fully saturated rings. The summed E-state index contributed by atoms with van der Waals surface area (Å²) < 4.78 is 6.35.